The van der Waals surface area contributed by atoms with E-state index in [4.69, 9.17) is 4.74 Å². The van der Waals surface area contributed by atoms with Crippen LogP contribution in [0.5, 0.6) is 5.88 Å². The number of benzene rings is 1. The topological polar surface area (TPSA) is 102 Å². The van der Waals surface area contributed by atoms with Crippen LogP contribution in [0.1, 0.15) is 16.7 Å². The minimum absolute atomic E-state index is 0.112. The summed E-state index contributed by atoms with van der Waals surface area (Å²) in [4.78, 5) is 28.4. The number of hydrogen-bond donors (Lipinski definition) is 1. The van der Waals surface area contributed by atoms with Crippen molar-refractivity contribution in [3.8, 4) is 11.9 Å². The second kappa shape index (κ2) is 8.22. The van der Waals surface area contributed by atoms with Crippen LogP contribution in [-0.2, 0) is 27.2 Å². The molecular formula is C20H19N5O3. The van der Waals surface area contributed by atoms with E-state index in [0.29, 0.717) is 19.0 Å². The summed E-state index contributed by atoms with van der Waals surface area (Å²) < 4.78 is 7.86. The molecule has 0 aliphatic heterocycles. The van der Waals surface area contributed by atoms with Gasteiger partial charge < -0.3 is 10.1 Å². The molecule has 8 heteroatoms. The predicted octanol–water partition coefficient (Wildman–Crippen LogP) is 1.54. The van der Waals surface area contributed by atoms with Crippen LogP contribution >= 0.6 is 0 Å². The lowest BCUT2D eigenvalue weighted by atomic mass is 10.2. The number of nitriles is 1. The fraction of sp³-hybridized carbons (Fsp3) is 0.200. The van der Waals surface area contributed by atoms with E-state index in [1.54, 1.807) is 18.3 Å². The third-order valence-electron chi connectivity index (χ3n) is 4.27. The maximum Gasteiger partial charge on any atom is 0.332 e. The van der Waals surface area contributed by atoms with Crippen LogP contribution in [0, 0.1) is 11.3 Å². The first-order valence-corrected chi connectivity index (χ1v) is 8.57. The van der Waals surface area contributed by atoms with Crippen LogP contribution in [0.3, 0.4) is 0 Å². The summed E-state index contributed by atoms with van der Waals surface area (Å²) in [6.07, 6.45) is 1.62. The summed E-state index contributed by atoms with van der Waals surface area (Å²) in [5.74, 6) is 0.640. The molecule has 0 aliphatic rings. The van der Waals surface area contributed by atoms with E-state index in [-0.39, 0.29) is 11.4 Å². The van der Waals surface area contributed by atoms with E-state index in [1.807, 2.05) is 36.4 Å². The largest absolute Gasteiger partial charge is 0.473 e. The van der Waals surface area contributed by atoms with Crippen LogP contribution in [0.25, 0.3) is 0 Å². The Labute approximate surface area is 161 Å². The van der Waals surface area contributed by atoms with Crippen LogP contribution < -0.4 is 21.3 Å². The summed E-state index contributed by atoms with van der Waals surface area (Å²) in [5.41, 5.74) is 0.610. The van der Waals surface area contributed by atoms with E-state index >= 15 is 0 Å². The van der Waals surface area contributed by atoms with E-state index in [0.717, 1.165) is 15.7 Å². The van der Waals surface area contributed by atoms with Gasteiger partial charge in [-0.25, -0.2) is 9.78 Å². The molecule has 0 spiro atoms. The summed E-state index contributed by atoms with van der Waals surface area (Å²) in [6.45, 7) is 0.686. The molecule has 3 aromatic rings. The van der Waals surface area contributed by atoms with Gasteiger partial charge in [-0.15, -0.1) is 0 Å². The van der Waals surface area contributed by atoms with Crippen molar-refractivity contribution >= 4 is 5.82 Å². The predicted molar refractivity (Wildman–Crippen MR) is 104 cm³/mol. The smallest absolute Gasteiger partial charge is 0.332 e. The van der Waals surface area contributed by atoms with Crippen LogP contribution in [0.2, 0.25) is 0 Å². The highest BCUT2D eigenvalue weighted by molar-refractivity contribution is 5.51. The number of nitrogens with one attached hydrogen (secondary N) is 1. The SMILES string of the molecule is Cn1c(NCc2ccnc(OCc3ccccc3)c2)c(C#N)c(=O)n(C)c1=O. The Kier molecular flexibility index (Phi) is 5.56. The molecule has 2 aromatic heterocycles. The summed E-state index contributed by atoms with van der Waals surface area (Å²) in [7, 11) is 2.85. The zero-order chi connectivity index (χ0) is 20.1. The van der Waals surface area contributed by atoms with Gasteiger partial charge in [0, 0.05) is 32.9 Å². The first-order valence-electron chi connectivity index (χ1n) is 8.57. The molecule has 0 amide bonds. The fourth-order valence-corrected chi connectivity index (χ4v) is 2.71. The first kappa shape index (κ1) is 18.9. The fourth-order valence-electron chi connectivity index (χ4n) is 2.71. The Bertz CT molecular complexity index is 1140. The van der Waals surface area contributed by atoms with Crippen LogP contribution in [0.15, 0.2) is 58.3 Å². The van der Waals surface area contributed by atoms with Crippen molar-refractivity contribution in [3.63, 3.8) is 0 Å². The van der Waals surface area contributed by atoms with Crippen molar-refractivity contribution in [1.29, 1.82) is 5.26 Å². The van der Waals surface area contributed by atoms with Crippen molar-refractivity contribution < 1.29 is 4.74 Å². The van der Waals surface area contributed by atoms with E-state index in [1.165, 1.54) is 18.7 Å². The third kappa shape index (κ3) is 3.94. The minimum Gasteiger partial charge on any atom is -0.473 e. The van der Waals surface area contributed by atoms with Gasteiger partial charge in [0.1, 0.15) is 18.5 Å². The van der Waals surface area contributed by atoms with E-state index < -0.39 is 11.2 Å². The van der Waals surface area contributed by atoms with E-state index in [9.17, 15) is 14.9 Å². The zero-order valence-electron chi connectivity index (χ0n) is 15.5. The molecular weight excluding hydrogens is 358 g/mol. The minimum atomic E-state index is -0.630. The molecule has 8 nitrogen and oxygen atoms in total. The number of pyridine rings is 1. The second-order valence-electron chi connectivity index (χ2n) is 6.17. The van der Waals surface area contributed by atoms with Crippen LogP contribution in [0.4, 0.5) is 5.82 Å². The van der Waals surface area contributed by atoms with Gasteiger partial charge in [0.05, 0.1) is 0 Å². The molecule has 0 fully saturated rings. The highest BCUT2D eigenvalue weighted by Crippen LogP contribution is 2.14. The molecule has 3 rings (SSSR count). The number of aromatic nitrogens is 3. The zero-order valence-corrected chi connectivity index (χ0v) is 15.5. The molecule has 0 atom stereocenters. The average molecular weight is 377 g/mol. The lowest BCUT2D eigenvalue weighted by molar-refractivity contribution is 0.293. The molecule has 0 unspecified atom stereocenters. The van der Waals surface area contributed by atoms with Gasteiger partial charge in [0.25, 0.3) is 5.56 Å². The maximum absolute atomic E-state index is 12.1. The molecule has 0 saturated carbocycles. The van der Waals surface area contributed by atoms with Gasteiger partial charge in [0.15, 0.2) is 5.56 Å². The molecule has 142 valence electrons. The third-order valence-corrected chi connectivity index (χ3v) is 4.27. The maximum atomic E-state index is 12.1. The van der Waals surface area contributed by atoms with Crippen molar-refractivity contribution in [2.45, 2.75) is 13.2 Å². The lowest BCUT2D eigenvalue weighted by Crippen LogP contribution is -2.39. The standard InChI is InChI=1S/C20H19N5O3/c1-24-18(16(11-21)19(26)25(2)20(24)27)23-12-15-8-9-22-17(10-15)28-13-14-6-4-3-5-7-14/h3-10,23H,12-13H2,1-2H3. The number of nitrogens with zero attached hydrogens (tertiary/aromatic N) is 4. The van der Waals surface area contributed by atoms with Crippen molar-refractivity contribution in [2.24, 2.45) is 14.1 Å². The Balaban J connectivity index is 1.76. The van der Waals surface area contributed by atoms with Gasteiger partial charge in [-0.05, 0) is 17.2 Å². The van der Waals surface area contributed by atoms with Crippen LogP contribution in [-0.4, -0.2) is 14.1 Å². The number of anilines is 1. The summed E-state index contributed by atoms with van der Waals surface area (Å²) in [6, 6.07) is 15.2. The summed E-state index contributed by atoms with van der Waals surface area (Å²) >= 11 is 0. The Morgan fingerprint density at radius 2 is 1.86 bits per heavy atom. The van der Waals surface area contributed by atoms with Crippen molar-refractivity contribution in [1.82, 2.24) is 14.1 Å². The van der Waals surface area contributed by atoms with Crippen molar-refractivity contribution in [3.05, 3.63) is 86.2 Å². The van der Waals surface area contributed by atoms with Gasteiger partial charge in [-0.2, -0.15) is 5.26 Å². The number of rotatable bonds is 6. The Morgan fingerprint density at radius 3 is 2.57 bits per heavy atom. The van der Waals surface area contributed by atoms with Gasteiger partial charge in [0.2, 0.25) is 5.88 Å². The molecule has 0 saturated heterocycles. The average Bonchev–Trinajstić information content (AvgIpc) is 2.73. The monoisotopic (exact) mass is 377 g/mol. The second-order valence-corrected chi connectivity index (χ2v) is 6.17. The summed E-state index contributed by atoms with van der Waals surface area (Å²) in [5, 5.41) is 12.3. The Hall–Kier alpha value is -3.86. The van der Waals surface area contributed by atoms with Gasteiger partial charge in [-0.1, -0.05) is 30.3 Å². The first-order chi connectivity index (χ1) is 13.5. The molecule has 28 heavy (non-hydrogen) atoms. The molecule has 1 aromatic carbocycles. The van der Waals surface area contributed by atoms with Crippen molar-refractivity contribution in [2.75, 3.05) is 5.32 Å². The Morgan fingerprint density at radius 1 is 1.11 bits per heavy atom. The number of ether oxygens (including phenoxy) is 1. The van der Waals surface area contributed by atoms with E-state index in [2.05, 4.69) is 10.3 Å². The lowest BCUT2D eigenvalue weighted by Gasteiger charge is -2.14. The molecule has 0 aliphatic carbocycles. The molecule has 2 heterocycles. The molecule has 0 radical (unpaired) electrons. The highest BCUT2D eigenvalue weighted by atomic mass is 16.5. The molecule has 0 bridgehead atoms. The van der Waals surface area contributed by atoms with Gasteiger partial charge >= 0.3 is 5.69 Å². The quantitative estimate of drug-likeness (QED) is 0.699. The molecule has 1 N–H and O–H groups in total. The highest BCUT2D eigenvalue weighted by Gasteiger charge is 2.15. The number of hydrogen-bond acceptors (Lipinski definition) is 6. The normalized spacial score (nSPS) is 10.3. The van der Waals surface area contributed by atoms with Gasteiger partial charge in [-0.3, -0.25) is 13.9 Å².